The highest BCUT2D eigenvalue weighted by molar-refractivity contribution is 7.78. The van der Waals surface area contributed by atoms with E-state index in [9.17, 15) is 9.36 Å². The Hall–Kier alpha value is -3.04. The molecule has 4 rings (SSSR count). The summed E-state index contributed by atoms with van der Waals surface area (Å²) in [6.07, 6.45) is 0.105. The second-order valence-corrected chi connectivity index (χ2v) is 9.42. The lowest BCUT2D eigenvalue weighted by molar-refractivity contribution is 0.0817. The van der Waals surface area contributed by atoms with Crippen LogP contribution in [0.1, 0.15) is 10.4 Å². The van der Waals surface area contributed by atoms with Crippen molar-refractivity contribution in [3.63, 3.8) is 0 Å². The highest BCUT2D eigenvalue weighted by atomic mass is 31.2. The molecule has 1 heterocycles. The molecule has 28 heavy (non-hydrogen) atoms. The van der Waals surface area contributed by atoms with Crippen molar-refractivity contribution in [2.75, 3.05) is 20.1 Å². The normalized spacial score (nSPS) is 12.6. The number of benzene rings is 3. The van der Waals surface area contributed by atoms with E-state index < -0.39 is 7.14 Å². The molecule has 0 saturated heterocycles. The standard InChI is InChI=1S/C22H20NO4P/c1-23(22(24)17-12-13-20-21(14-17)27-16-26-20)15-28(25,18-8-4-2-5-9-18)19-10-6-3-7-11-19/h2-14H,15-16H2,1H3. The molecule has 0 atom stereocenters. The quantitative estimate of drug-likeness (QED) is 0.623. The van der Waals surface area contributed by atoms with Gasteiger partial charge >= 0.3 is 0 Å². The molecular formula is C22H20NO4P. The van der Waals surface area contributed by atoms with Gasteiger partial charge in [-0.15, -0.1) is 0 Å². The lowest BCUT2D eigenvalue weighted by Crippen LogP contribution is -2.32. The van der Waals surface area contributed by atoms with Crippen molar-refractivity contribution in [1.29, 1.82) is 0 Å². The molecule has 0 aromatic heterocycles. The summed E-state index contributed by atoms with van der Waals surface area (Å²) in [6, 6.07) is 23.7. The largest absolute Gasteiger partial charge is 0.454 e. The lowest BCUT2D eigenvalue weighted by Gasteiger charge is -2.26. The van der Waals surface area contributed by atoms with E-state index in [0.29, 0.717) is 17.1 Å². The molecule has 0 radical (unpaired) electrons. The molecule has 0 spiro atoms. The zero-order valence-electron chi connectivity index (χ0n) is 15.4. The first kappa shape index (κ1) is 18.3. The first-order valence-electron chi connectivity index (χ1n) is 8.93. The lowest BCUT2D eigenvalue weighted by atomic mass is 10.2. The molecule has 3 aromatic rings. The van der Waals surface area contributed by atoms with Gasteiger partial charge in [0.05, 0.1) is 6.29 Å². The number of nitrogens with zero attached hydrogens (tertiary/aromatic N) is 1. The number of hydrogen-bond acceptors (Lipinski definition) is 4. The third kappa shape index (κ3) is 3.41. The third-order valence-corrected chi connectivity index (χ3v) is 7.81. The fourth-order valence-electron chi connectivity index (χ4n) is 3.26. The van der Waals surface area contributed by atoms with Gasteiger partial charge in [0.1, 0.15) is 0 Å². The molecule has 0 N–H and O–H groups in total. The molecule has 0 saturated carbocycles. The predicted molar refractivity (Wildman–Crippen MR) is 109 cm³/mol. The van der Waals surface area contributed by atoms with Crippen molar-refractivity contribution in [1.82, 2.24) is 4.90 Å². The maximum absolute atomic E-state index is 14.1. The average molecular weight is 393 g/mol. The Bertz CT molecular complexity index is 993. The first-order valence-corrected chi connectivity index (χ1v) is 10.8. The smallest absolute Gasteiger partial charge is 0.254 e. The van der Waals surface area contributed by atoms with Crippen LogP contribution in [-0.2, 0) is 4.57 Å². The maximum atomic E-state index is 14.1. The van der Waals surface area contributed by atoms with E-state index in [1.807, 2.05) is 60.7 Å². The Kier molecular flexibility index (Phi) is 4.93. The molecule has 1 aliphatic heterocycles. The molecule has 5 nitrogen and oxygen atoms in total. The van der Waals surface area contributed by atoms with Crippen LogP contribution in [0.3, 0.4) is 0 Å². The fourth-order valence-corrected chi connectivity index (χ4v) is 5.92. The van der Waals surface area contributed by atoms with Gasteiger partial charge < -0.3 is 18.9 Å². The molecule has 6 heteroatoms. The summed E-state index contributed by atoms with van der Waals surface area (Å²) in [5.41, 5.74) is 0.472. The van der Waals surface area contributed by atoms with Gasteiger partial charge in [-0.3, -0.25) is 4.79 Å². The zero-order valence-corrected chi connectivity index (χ0v) is 16.3. The average Bonchev–Trinajstić information content (AvgIpc) is 3.22. The van der Waals surface area contributed by atoms with E-state index in [4.69, 9.17) is 9.47 Å². The second-order valence-electron chi connectivity index (χ2n) is 6.62. The summed E-state index contributed by atoms with van der Waals surface area (Å²) in [6.45, 7) is 0.153. The Morgan fingerprint density at radius 2 is 1.46 bits per heavy atom. The van der Waals surface area contributed by atoms with E-state index in [0.717, 1.165) is 10.6 Å². The third-order valence-electron chi connectivity index (χ3n) is 4.72. The first-order chi connectivity index (χ1) is 13.6. The van der Waals surface area contributed by atoms with Gasteiger partial charge in [-0.1, -0.05) is 60.7 Å². The van der Waals surface area contributed by atoms with E-state index in [1.165, 1.54) is 4.90 Å². The van der Waals surface area contributed by atoms with Gasteiger partial charge in [-0.05, 0) is 18.2 Å². The molecule has 1 amide bonds. The van der Waals surface area contributed by atoms with Crippen molar-refractivity contribution >= 4 is 23.7 Å². The number of carbonyl (C=O) groups excluding carboxylic acids is 1. The van der Waals surface area contributed by atoms with Crippen LogP contribution in [0.4, 0.5) is 0 Å². The maximum Gasteiger partial charge on any atom is 0.254 e. The van der Waals surface area contributed by atoms with Gasteiger partial charge in [0.15, 0.2) is 18.6 Å². The monoisotopic (exact) mass is 393 g/mol. The minimum absolute atomic E-state index is 0.105. The molecule has 0 bridgehead atoms. The second kappa shape index (κ2) is 7.53. The number of rotatable bonds is 5. The van der Waals surface area contributed by atoms with Gasteiger partial charge in [0.2, 0.25) is 6.79 Å². The van der Waals surface area contributed by atoms with Crippen molar-refractivity contribution in [3.05, 3.63) is 84.4 Å². The van der Waals surface area contributed by atoms with E-state index in [-0.39, 0.29) is 19.0 Å². The van der Waals surface area contributed by atoms with Crippen LogP contribution in [0.2, 0.25) is 0 Å². The molecule has 0 aliphatic carbocycles. The van der Waals surface area contributed by atoms with Crippen LogP contribution in [0.5, 0.6) is 11.5 Å². The zero-order chi connectivity index (χ0) is 19.6. The summed E-state index contributed by atoms with van der Waals surface area (Å²) in [4.78, 5) is 14.5. The van der Waals surface area contributed by atoms with Gasteiger partial charge in [-0.25, -0.2) is 0 Å². The van der Waals surface area contributed by atoms with Crippen LogP contribution in [-0.4, -0.2) is 30.9 Å². The summed E-state index contributed by atoms with van der Waals surface area (Å²) in [7, 11) is -1.35. The van der Waals surface area contributed by atoms with E-state index in [2.05, 4.69) is 0 Å². The van der Waals surface area contributed by atoms with Crippen LogP contribution in [0.25, 0.3) is 0 Å². The van der Waals surface area contributed by atoms with Crippen LogP contribution in [0.15, 0.2) is 78.9 Å². The number of hydrogen-bond donors (Lipinski definition) is 0. The SMILES string of the molecule is CN(CP(=O)(c1ccccc1)c1ccccc1)C(=O)c1ccc2c(c1)OCO2. The summed E-state index contributed by atoms with van der Waals surface area (Å²) in [5, 5.41) is 1.46. The Labute approximate surface area is 163 Å². The van der Waals surface area contributed by atoms with Crippen molar-refractivity contribution in [3.8, 4) is 11.5 Å². The fraction of sp³-hybridized carbons (Fsp3) is 0.136. The molecule has 142 valence electrons. The Morgan fingerprint density at radius 1 is 0.893 bits per heavy atom. The molecular weight excluding hydrogens is 373 g/mol. The molecule has 3 aromatic carbocycles. The van der Waals surface area contributed by atoms with Crippen LogP contribution in [0, 0.1) is 0 Å². The van der Waals surface area contributed by atoms with Crippen LogP contribution < -0.4 is 20.1 Å². The molecule has 0 fully saturated rings. The molecule has 1 aliphatic rings. The summed E-state index contributed by atoms with van der Waals surface area (Å²) < 4.78 is 24.8. The van der Waals surface area contributed by atoms with Crippen LogP contribution >= 0.6 is 7.14 Å². The Morgan fingerprint density at radius 3 is 2.07 bits per heavy atom. The van der Waals surface area contributed by atoms with Crippen molar-refractivity contribution in [2.24, 2.45) is 0 Å². The van der Waals surface area contributed by atoms with Gasteiger partial charge in [0.25, 0.3) is 5.91 Å². The Balaban J connectivity index is 1.65. The minimum Gasteiger partial charge on any atom is -0.454 e. The summed E-state index contributed by atoms with van der Waals surface area (Å²) >= 11 is 0. The van der Waals surface area contributed by atoms with Gasteiger partial charge in [-0.2, -0.15) is 0 Å². The number of fused-ring (bicyclic) bond motifs is 1. The van der Waals surface area contributed by atoms with Crippen molar-refractivity contribution < 1.29 is 18.8 Å². The number of amides is 1. The summed E-state index contributed by atoms with van der Waals surface area (Å²) in [5.74, 6) is 0.956. The minimum atomic E-state index is -3.02. The number of ether oxygens (including phenoxy) is 2. The highest BCUT2D eigenvalue weighted by Crippen LogP contribution is 2.44. The van der Waals surface area contributed by atoms with E-state index in [1.54, 1.807) is 25.2 Å². The number of carbonyl (C=O) groups is 1. The predicted octanol–water partition coefficient (Wildman–Crippen LogP) is 3.46. The van der Waals surface area contributed by atoms with Crippen molar-refractivity contribution in [2.45, 2.75) is 0 Å². The highest BCUT2D eigenvalue weighted by Gasteiger charge is 2.31. The molecule has 0 unspecified atom stereocenters. The van der Waals surface area contributed by atoms with E-state index >= 15 is 0 Å². The van der Waals surface area contributed by atoms with Gasteiger partial charge in [0, 0.05) is 23.2 Å². The topological polar surface area (TPSA) is 55.8 Å².